The molecule has 3 rings (SSSR count). The van der Waals surface area contributed by atoms with Gasteiger partial charge in [0.25, 0.3) is 5.69 Å². The maximum absolute atomic E-state index is 11.4. The fraction of sp³-hybridized carbons (Fsp3) is 0.0455. The number of anilines is 1. The van der Waals surface area contributed by atoms with Gasteiger partial charge in [-0.15, -0.1) is 10.2 Å². The van der Waals surface area contributed by atoms with Crippen LogP contribution in [0.25, 0.3) is 12.2 Å². The van der Waals surface area contributed by atoms with Crippen LogP contribution < -0.4 is 5.32 Å². The van der Waals surface area contributed by atoms with Crippen molar-refractivity contribution in [1.82, 2.24) is 0 Å². The lowest BCUT2D eigenvalue weighted by Crippen LogP contribution is -2.06. The number of hydrogen-bond donors (Lipinski definition) is 1. The Morgan fingerprint density at radius 3 is 2.14 bits per heavy atom. The number of nitro groups is 1. The summed E-state index contributed by atoms with van der Waals surface area (Å²) in [5, 5.41) is 22.2. The maximum atomic E-state index is 11.4. The Morgan fingerprint density at radius 2 is 1.41 bits per heavy atom. The molecule has 29 heavy (non-hydrogen) atoms. The normalized spacial score (nSPS) is 11.1. The second kappa shape index (κ2) is 9.18. The molecule has 0 unspecified atom stereocenters. The van der Waals surface area contributed by atoms with Crippen LogP contribution in [0.3, 0.4) is 0 Å². The molecule has 0 aromatic heterocycles. The minimum atomic E-state index is -0.487. The summed E-state index contributed by atoms with van der Waals surface area (Å²) in [5.74, 6) is -0.149. The first kappa shape index (κ1) is 19.6. The molecule has 0 aliphatic heterocycles. The molecule has 7 heteroatoms. The quantitative estimate of drug-likeness (QED) is 0.238. The van der Waals surface area contributed by atoms with Gasteiger partial charge in [0.15, 0.2) is 5.69 Å². The summed E-state index contributed by atoms with van der Waals surface area (Å²) in [7, 11) is 0. The number of nitrogens with one attached hydrogen (secondary N) is 1. The number of rotatable bonds is 6. The third-order valence-corrected chi connectivity index (χ3v) is 3.99. The molecule has 0 radical (unpaired) electrons. The van der Waals surface area contributed by atoms with Crippen LogP contribution in [-0.2, 0) is 4.79 Å². The zero-order valence-corrected chi connectivity index (χ0v) is 15.6. The number of hydrogen-bond acceptors (Lipinski definition) is 5. The molecule has 0 heterocycles. The molecule has 0 aliphatic carbocycles. The summed E-state index contributed by atoms with van der Waals surface area (Å²) >= 11 is 0. The molecule has 0 bridgehead atoms. The molecule has 3 aromatic rings. The molecule has 3 aromatic carbocycles. The van der Waals surface area contributed by atoms with Crippen LogP contribution in [-0.4, -0.2) is 10.8 Å². The highest BCUT2D eigenvalue weighted by Crippen LogP contribution is 2.30. The van der Waals surface area contributed by atoms with E-state index in [1.54, 1.807) is 24.3 Å². The Labute approximate surface area is 167 Å². The summed E-state index contributed by atoms with van der Waals surface area (Å²) in [6.45, 7) is 1.46. The van der Waals surface area contributed by atoms with Gasteiger partial charge in [-0.1, -0.05) is 60.7 Å². The van der Waals surface area contributed by atoms with E-state index >= 15 is 0 Å². The third-order valence-electron chi connectivity index (χ3n) is 3.99. The molecule has 0 aliphatic rings. The van der Waals surface area contributed by atoms with Crippen molar-refractivity contribution < 1.29 is 9.72 Å². The van der Waals surface area contributed by atoms with Gasteiger partial charge in [-0.2, -0.15) is 0 Å². The van der Waals surface area contributed by atoms with Gasteiger partial charge in [0.1, 0.15) is 0 Å². The minimum Gasteiger partial charge on any atom is -0.326 e. The van der Waals surface area contributed by atoms with Gasteiger partial charge in [0, 0.05) is 24.2 Å². The topological polar surface area (TPSA) is 97.0 Å². The molecular formula is C22H18N4O3. The number of carbonyl (C=O) groups excluding carboxylic acids is 1. The second-order valence-corrected chi connectivity index (χ2v) is 6.11. The van der Waals surface area contributed by atoms with Crippen LogP contribution in [0.15, 0.2) is 83.0 Å². The van der Waals surface area contributed by atoms with E-state index in [4.69, 9.17) is 0 Å². The monoisotopic (exact) mass is 386 g/mol. The van der Waals surface area contributed by atoms with Crippen molar-refractivity contribution in [1.29, 1.82) is 0 Å². The van der Waals surface area contributed by atoms with Crippen molar-refractivity contribution in [2.75, 3.05) is 5.32 Å². The first-order chi connectivity index (χ1) is 14.0. The predicted octanol–water partition coefficient (Wildman–Crippen LogP) is 6.14. The molecule has 1 amide bonds. The van der Waals surface area contributed by atoms with Gasteiger partial charge >= 0.3 is 0 Å². The van der Waals surface area contributed by atoms with Gasteiger partial charge in [-0.3, -0.25) is 14.9 Å². The van der Waals surface area contributed by atoms with E-state index in [1.165, 1.54) is 13.0 Å². The molecule has 7 nitrogen and oxygen atoms in total. The molecule has 0 saturated carbocycles. The SMILES string of the molecule is CC(=O)Nc1ccccc1/C=C/c1ccccc1N=Nc1ccccc1[N+](=O)[O-]. The Hall–Kier alpha value is -4.13. The van der Waals surface area contributed by atoms with Crippen LogP contribution in [0.2, 0.25) is 0 Å². The van der Waals surface area contributed by atoms with Crippen molar-refractivity contribution in [2.45, 2.75) is 6.92 Å². The predicted molar refractivity (Wildman–Crippen MR) is 113 cm³/mol. The summed E-state index contributed by atoms with van der Waals surface area (Å²) in [6.07, 6.45) is 3.72. The first-order valence-corrected chi connectivity index (χ1v) is 8.83. The fourth-order valence-corrected chi connectivity index (χ4v) is 2.66. The third kappa shape index (κ3) is 5.20. The highest BCUT2D eigenvalue weighted by molar-refractivity contribution is 5.92. The Kier molecular flexibility index (Phi) is 6.22. The summed E-state index contributed by atoms with van der Waals surface area (Å²) in [4.78, 5) is 22.0. The maximum Gasteiger partial charge on any atom is 0.296 e. The number of benzene rings is 3. The van der Waals surface area contributed by atoms with E-state index in [0.29, 0.717) is 11.4 Å². The molecule has 0 atom stereocenters. The van der Waals surface area contributed by atoms with Crippen molar-refractivity contribution in [2.24, 2.45) is 10.2 Å². The molecule has 144 valence electrons. The molecule has 0 saturated heterocycles. The lowest BCUT2D eigenvalue weighted by molar-refractivity contribution is -0.384. The van der Waals surface area contributed by atoms with Gasteiger partial charge in [0.05, 0.1) is 10.6 Å². The highest BCUT2D eigenvalue weighted by atomic mass is 16.6. The molecular weight excluding hydrogens is 368 g/mol. The second-order valence-electron chi connectivity index (χ2n) is 6.11. The summed E-state index contributed by atoms with van der Waals surface area (Å²) in [6, 6.07) is 20.9. The number of nitro benzene ring substituents is 1. The smallest absolute Gasteiger partial charge is 0.296 e. The summed E-state index contributed by atoms with van der Waals surface area (Å²) in [5.41, 5.74) is 2.98. The van der Waals surface area contributed by atoms with Gasteiger partial charge in [-0.25, -0.2) is 0 Å². The molecule has 0 fully saturated rings. The van der Waals surface area contributed by atoms with E-state index in [0.717, 1.165) is 11.1 Å². The van der Waals surface area contributed by atoms with Gasteiger partial charge in [-0.05, 0) is 23.8 Å². The number of para-hydroxylation sites is 2. The first-order valence-electron chi connectivity index (χ1n) is 8.83. The number of nitrogens with zero attached hydrogens (tertiary/aromatic N) is 3. The summed E-state index contributed by atoms with van der Waals surface area (Å²) < 4.78 is 0. The van der Waals surface area contributed by atoms with Crippen LogP contribution in [0.1, 0.15) is 18.1 Å². The van der Waals surface area contributed by atoms with E-state index < -0.39 is 4.92 Å². The largest absolute Gasteiger partial charge is 0.326 e. The minimum absolute atomic E-state index is 0.103. The number of carbonyl (C=O) groups is 1. The lowest BCUT2D eigenvalue weighted by atomic mass is 10.1. The van der Waals surface area contributed by atoms with Crippen LogP contribution in [0.4, 0.5) is 22.7 Å². The van der Waals surface area contributed by atoms with E-state index in [1.807, 2.05) is 54.6 Å². The highest BCUT2D eigenvalue weighted by Gasteiger charge is 2.11. The molecule has 0 spiro atoms. The Balaban J connectivity index is 1.90. The van der Waals surface area contributed by atoms with Gasteiger partial charge < -0.3 is 5.32 Å². The van der Waals surface area contributed by atoms with E-state index in [2.05, 4.69) is 15.5 Å². The van der Waals surface area contributed by atoms with Crippen LogP contribution >= 0.6 is 0 Å². The lowest BCUT2D eigenvalue weighted by Gasteiger charge is -2.06. The average molecular weight is 386 g/mol. The number of azo groups is 1. The zero-order valence-electron chi connectivity index (χ0n) is 15.6. The van der Waals surface area contributed by atoms with E-state index in [9.17, 15) is 14.9 Å². The Bertz CT molecular complexity index is 1110. The van der Waals surface area contributed by atoms with Crippen molar-refractivity contribution in [3.63, 3.8) is 0 Å². The molecule has 1 N–H and O–H groups in total. The zero-order chi connectivity index (χ0) is 20.6. The van der Waals surface area contributed by atoms with Gasteiger partial charge in [0.2, 0.25) is 5.91 Å². The van der Waals surface area contributed by atoms with E-state index in [-0.39, 0.29) is 17.3 Å². The van der Waals surface area contributed by atoms with Crippen molar-refractivity contribution in [3.8, 4) is 0 Å². The van der Waals surface area contributed by atoms with Crippen LogP contribution in [0.5, 0.6) is 0 Å². The average Bonchev–Trinajstić information content (AvgIpc) is 2.72. The number of amides is 1. The Morgan fingerprint density at radius 1 is 0.862 bits per heavy atom. The fourth-order valence-electron chi connectivity index (χ4n) is 2.66. The van der Waals surface area contributed by atoms with Crippen molar-refractivity contribution in [3.05, 3.63) is 94.0 Å². The van der Waals surface area contributed by atoms with Crippen molar-refractivity contribution >= 4 is 40.8 Å². The van der Waals surface area contributed by atoms with Crippen LogP contribution in [0, 0.1) is 10.1 Å². The standard InChI is InChI=1S/C22H18N4O3/c1-16(27)23-19-10-4-2-8-17(19)14-15-18-9-3-5-11-20(18)24-25-21-12-6-7-13-22(21)26(28)29/h2-15H,1H3,(H,23,27)/b15-14+,25-24?.